The van der Waals surface area contributed by atoms with Crippen LogP contribution in [0, 0.1) is 5.41 Å². The summed E-state index contributed by atoms with van der Waals surface area (Å²) in [5.74, 6) is 0.0917. The lowest BCUT2D eigenvalue weighted by molar-refractivity contribution is -0.134. The lowest BCUT2D eigenvalue weighted by Gasteiger charge is -2.27. The molecule has 1 unspecified atom stereocenters. The van der Waals surface area contributed by atoms with Crippen LogP contribution in [0.4, 0.5) is 0 Å². The van der Waals surface area contributed by atoms with Gasteiger partial charge in [-0.1, -0.05) is 20.8 Å². The van der Waals surface area contributed by atoms with Crippen LogP contribution in [0.25, 0.3) is 0 Å². The molecule has 0 bridgehead atoms. The molecule has 0 saturated heterocycles. The van der Waals surface area contributed by atoms with Gasteiger partial charge in [0.25, 0.3) is 0 Å². The Bertz CT molecular complexity index is 172. The van der Waals surface area contributed by atoms with E-state index < -0.39 is 0 Å². The SMILES string of the molecule is CC(CO)N(C)C(=O)CC(C)(C)C. The summed E-state index contributed by atoms with van der Waals surface area (Å²) in [5, 5.41) is 8.86. The molecule has 0 heterocycles. The quantitative estimate of drug-likeness (QED) is 0.722. The number of carbonyl (C=O) groups excluding carboxylic acids is 1. The fraction of sp³-hybridized carbons (Fsp3) is 0.900. The monoisotopic (exact) mass is 187 g/mol. The maximum atomic E-state index is 11.6. The number of aliphatic hydroxyl groups excluding tert-OH is 1. The number of aliphatic hydroxyl groups is 1. The highest BCUT2D eigenvalue weighted by molar-refractivity contribution is 5.76. The van der Waals surface area contributed by atoms with Crippen molar-refractivity contribution < 1.29 is 9.90 Å². The Morgan fingerprint density at radius 2 is 1.92 bits per heavy atom. The Morgan fingerprint density at radius 1 is 1.46 bits per heavy atom. The Balaban J connectivity index is 4.12. The maximum absolute atomic E-state index is 11.6. The van der Waals surface area contributed by atoms with E-state index in [1.54, 1.807) is 11.9 Å². The molecule has 3 heteroatoms. The Labute approximate surface area is 80.7 Å². The molecule has 0 aromatic carbocycles. The molecule has 3 nitrogen and oxygen atoms in total. The summed E-state index contributed by atoms with van der Waals surface area (Å²) in [6.45, 7) is 7.94. The smallest absolute Gasteiger partial charge is 0.223 e. The zero-order valence-corrected chi connectivity index (χ0v) is 9.29. The Hall–Kier alpha value is -0.570. The number of hydrogen-bond acceptors (Lipinski definition) is 2. The standard InChI is InChI=1S/C10H21NO2/c1-8(7-12)11(5)9(13)6-10(2,3)4/h8,12H,6-7H2,1-5H3. The maximum Gasteiger partial charge on any atom is 0.223 e. The average molecular weight is 187 g/mol. The molecule has 0 aromatic heterocycles. The molecule has 13 heavy (non-hydrogen) atoms. The summed E-state index contributed by atoms with van der Waals surface area (Å²) >= 11 is 0. The Morgan fingerprint density at radius 3 is 2.23 bits per heavy atom. The van der Waals surface area contributed by atoms with E-state index >= 15 is 0 Å². The molecule has 0 saturated carbocycles. The van der Waals surface area contributed by atoms with E-state index in [0.29, 0.717) is 6.42 Å². The van der Waals surface area contributed by atoms with Crippen LogP contribution in [-0.2, 0) is 4.79 Å². The van der Waals surface area contributed by atoms with Gasteiger partial charge in [-0.05, 0) is 12.3 Å². The van der Waals surface area contributed by atoms with Crippen LogP contribution in [0.2, 0.25) is 0 Å². The molecule has 0 spiro atoms. The predicted molar refractivity (Wildman–Crippen MR) is 53.4 cm³/mol. The summed E-state index contributed by atoms with van der Waals surface area (Å²) in [4.78, 5) is 13.2. The molecule has 1 amide bonds. The van der Waals surface area contributed by atoms with E-state index in [1.165, 1.54) is 0 Å². The normalized spacial score (nSPS) is 14.0. The van der Waals surface area contributed by atoms with Crippen LogP contribution >= 0.6 is 0 Å². The molecule has 0 aliphatic heterocycles. The van der Waals surface area contributed by atoms with Gasteiger partial charge in [0.15, 0.2) is 0 Å². The molecule has 0 aromatic rings. The molecular weight excluding hydrogens is 166 g/mol. The number of likely N-dealkylation sites (N-methyl/N-ethyl adjacent to an activating group) is 1. The van der Waals surface area contributed by atoms with Crippen LogP contribution in [-0.4, -0.2) is 35.6 Å². The zero-order chi connectivity index (χ0) is 10.6. The van der Waals surface area contributed by atoms with Gasteiger partial charge in [0, 0.05) is 13.5 Å². The van der Waals surface area contributed by atoms with Crippen LogP contribution in [0.1, 0.15) is 34.1 Å². The van der Waals surface area contributed by atoms with Crippen molar-refractivity contribution in [1.29, 1.82) is 0 Å². The molecule has 0 radical (unpaired) electrons. The van der Waals surface area contributed by atoms with Crippen molar-refractivity contribution in [3.63, 3.8) is 0 Å². The van der Waals surface area contributed by atoms with Gasteiger partial charge in [-0.15, -0.1) is 0 Å². The summed E-state index contributed by atoms with van der Waals surface area (Å²) in [6.07, 6.45) is 0.522. The van der Waals surface area contributed by atoms with E-state index in [9.17, 15) is 4.79 Å². The molecule has 0 fully saturated rings. The van der Waals surface area contributed by atoms with Crippen molar-refractivity contribution in [2.45, 2.75) is 40.2 Å². The second-order valence-electron chi connectivity index (χ2n) is 4.77. The largest absolute Gasteiger partial charge is 0.394 e. The van der Waals surface area contributed by atoms with Gasteiger partial charge >= 0.3 is 0 Å². The van der Waals surface area contributed by atoms with Crippen molar-refractivity contribution in [3.05, 3.63) is 0 Å². The lowest BCUT2D eigenvalue weighted by Crippen LogP contribution is -2.38. The van der Waals surface area contributed by atoms with Crippen molar-refractivity contribution >= 4 is 5.91 Å². The second kappa shape index (κ2) is 4.61. The highest BCUT2D eigenvalue weighted by atomic mass is 16.3. The first-order chi connectivity index (χ1) is 5.78. The molecule has 0 aliphatic rings. The van der Waals surface area contributed by atoms with Crippen LogP contribution < -0.4 is 0 Å². The summed E-state index contributed by atoms with van der Waals surface area (Å²) in [7, 11) is 1.73. The summed E-state index contributed by atoms with van der Waals surface area (Å²) < 4.78 is 0. The molecule has 78 valence electrons. The number of hydrogen-bond donors (Lipinski definition) is 1. The van der Waals surface area contributed by atoms with Crippen LogP contribution in [0.15, 0.2) is 0 Å². The molecule has 0 rings (SSSR count). The number of amides is 1. The van der Waals surface area contributed by atoms with Gasteiger partial charge in [0.05, 0.1) is 12.6 Å². The third-order valence-electron chi connectivity index (χ3n) is 2.00. The first-order valence-corrected chi connectivity index (χ1v) is 4.64. The molecule has 1 N–H and O–H groups in total. The fourth-order valence-electron chi connectivity index (χ4n) is 0.947. The molecule has 1 atom stereocenters. The lowest BCUT2D eigenvalue weighted by atomic mass is 9.91. The van der Waals surface area contributed by atoms with E-state index in [2.05, 4.69) is 0 Å². The highest BCUT2D eigenvalue weighted by Gasteiger charge is 2.21. The minimum atomic E-state index is -0.0881. The average Bonchev–Trinajstić information content (AvgIpc) is 1.98. The van der Waals surface area contributed by atoms with E-state index in [1.807, 2.05) is 27.7 Å². The Kier molecular flexibility index (Phi) is 4.40. The topological polar surface area (TPSA) is 40.5 Å². The summed E-state index contributed by atoms with van der Waals surface area (Å²) in [5.41, 5.74) is 0.0144. The number of rotatable bonds is 3. The van der Waals surface area contributed by atoms with Gasteiger partial charge in [0.2, 0.25) is 5.91 Å². The van der Waals surface area contributed by atoms with E-state index in [-0.39, 0.29) is 24.0 Å². The minimum Gasteiger partial charge on any atom is -0.394 e. The molecular formula is C10H21NO2. The van der Waals surface area contributed by atoms with Crippen molar-refractivity contribution in [2.75, 3.05) is 13.7 Å². The van der Waals surface area contributed by atoms with Crippen LogP contribution in [0.3, 0.4) is 0 Å². The van der Waals surface area contributed by atoms with Gasteiger partial charge < -0.3 is 10.0 Å². The van der Waals surface area contributed by atoms with E-state index in [4.69, 9.17) is 5.11 Å². The fourth-order valence-corrected chi connectivity index (χ4v) is 0.947. The minimum absolute atomic E-state index is 0.0144. The van der Waals surface area contributed by atoms with Crippen LogP contribution in [0.5, 0.6) is 0 Å². The van der Waals surface area contributed by atoms with E-state index in [0.717, 1.165) is 0 Å². The first-order valence-electron chi connectivity index (χ1n) is 4.64. The molecule has 0 aliphatic carbocycles. The summed E-state index contributed by atoms with van der Waals surface area (Å²) in [6, 6.07) is -0.0881. The predicted octanol–water partition coefficient (Wildman–Crippen LogP) is 1.26. The third kappa shape index (κ3) is 4.88. The number of nitrogens with zero attached hydrogens (tertiary/aromatic N) is 1. The highest BCUT2D eigenvalue weighted by Crippen LogP contribution is 2.19. The van der Waals surface area contributed by atoms with Crippen molar-refractivity contribution in [2.24, 2.45) is 5.41 Å². The third-order valence-corrected chi connectivity index (χ3v) is 2.00. The van der Waals surface area contributed by atoms with Gasteiger partial charge in [-0.3, -0.25) is 4.79 Å². The van der Waals surface area contributed by atoms with Crippen molar-refractivity contribution in [3.8, 4) is 0 Å². The first kappa shape index (κ1) is 12.4. The zero-order valence-electron chi connectivity index (χ0n) is 9.29. The number of carbonyl (C=O) groups is 1. The van der Waals surface area contributed by atoms with Gasteiger partial charge in [-0.25, -0.2) is 0 Å². The van der Waals surface area contributed by atoms with Gasteiger partial charge in [-0.2, -0.15) is 0 Å². The second-order valence-corrected chi connectivity index (χ2v) is 4.77. The van der Waals surface area contributed by atoms with Crippen molar-refractivity contribution in [1.82, 2.24) is 4.90 Å². The van der Waals surface area contributed by atoms with Gasteiger partial charge in [0.1, 0.15) is 0 Å².